The number of carbonyl (C=O) groups is 2. The van der Waals surface area contributed by atoms with Gasteiger partial charge in [0.25, 0.3) is 5.91 Å². The third-order valence-corrected chi connectivity index (χ3v) is 2.85. The standard InChI is InChI=1S/C14H14N2O5/c1-14(20,11-6-3-7-21-11)8-15-12(17)9-4-2-5-10(16-9)13(18)19/h2-7,20H,8H2,1H3,(H,15,17)(H,18,19)/t14-/m1/s1. The highest BCUT2D eigenvalue weighted by molar-refractivity contribution is 5.94. The highest BCUT2D eigenvalue weighted by Gasteiger charge is 2.27. The van der Waals surface area contributed by atoms with E-state index in [0.29, 0.717) is 5.76 Å². The fourth-order valence-corrected chi connectivity index (χ4v) is 1.70. The smallest absolute Gasteiger partial charge is 0.354 e. The fourth-order valence-electron chi connectivity index (χ4n) is 1.70. The van der Waals surface area contributed by atoms with Crippen molar-refractivity contribution in [1.29, 1.82) is 0 Å². The number of hydrogen-bond acceptors (Lipinski definition) is 5. The summed E-state index contributed by atoms with van der Waals surface area (Å²) >= 11 is 0. The predicted octanol–water partition coefficient (Wildman–Crippen LogP) is 1.01. The minimum atomic E-state index is -1.37. The largest absolute Gasteiger partial charge is 0.477 e. The molecule has 2 rings (SSSR count). The van der Waals surface area contributed by atoms with E-state index in [-0.39, 0.29) is 17.9 Å². The van der Waals surface area contributed by atoms with E-state index in [1.807, 2.05) is 0 Å². The van der Waals surface area contributed by atoms with Gasteiger partial charge in [0.15, 0.2) is 0 Å². The number of carboxylic acids is 1. The lowest BCUT2D eigenvalue weighted by molar-refractivity contribution is 0.0329. The summed E-state index contributed by atoms with van der Waals surface area (Å²) < 4.78 is 5.09. The molecule has 7 nitrogen and oxygen atoms in total. The number of hydrogen-bond donors (Lipinski definition) is 3. The van der Waals surface area contributed by atoms with Crippen LogP contribution in [-0.2, 0) is 5.60 Å². The lowest BCUT2D eigenvalue weighted by Gasteiger charge is -2.20. The highest BCUT2D eigenvalue weighted by Crippen LogP contribution is 2.19. The quantitative estimate of drug-likeness (QED) is 0.757. The molecule has 7 heteroatoms. The summed E-state index contributed by atoms with van der Waals surface area (Å²) in [5.74, 6) is -1.48. The molecule has 0 saturated heterocycles. The monoisotopic (exact) mass is 290 g/mol. The van der Waals surface area contributed by atoms with E-state index in [4.69, 9.17) is 9.52 Å². The Labute approximate surface area is 120 Å². The van der Waals surface area contributed by atoms with Gasteiger partial charge in [-0.1, -0.05) is 6.07 Å². The normalized spacial score (nSPS) is 13.4. The average molecular weight is 290 g/mol. The second-order valence-corrected chi connectivity index (χ2v) is 4.65. The summed E-state index contributed by atoms with van der Waals surface area (Å²) in [6.07, 6.45) is 1.42. The van der Waals surface area contributed by atoms with E-state index in [0.717, 1.165) is 0 Å². The number of carboxylic acid groups (broad SMARTS) is 1. The van der Waals surface area contributed by atoms with Gasteiger partial charge < -0.3 is 19.9 Å². The summed E-state index contributed by atoms with van der Waals surface area (Å²) in [4.78, 5) is 26.4. The van der Waals surface area contributed by atoms with Crippen molar-refractivity contribution in [3.63, 3.8) is 0 Å². The van der Waals surface area contributed by atoms with Gasteiger partial charge in [-0.2, -0.15) is 0 Å². The van der Waals surface area contributed by atoms with Crippen molar-refractivity contribution in [3.05, 3.63) is 53.7 Å². The maximum Gasteiger partial charge on any atom is 0.354 e. The summed E-state index contributed by atoms with van der Waals surface area (Å²) in [6.45, 7) is 1.39. The minimum absolute atomic E-state index is 0.0369. The predicted molar refractivity (Wildman–Crippen MR) is 71.8 cm³/mol. The molecule has 2 aromatic heterocycles. The van der Waals surface area contributed by atoms with Gasteiger partial charge in [0.05, 0.1) is 12.8 Å². The van der Waals surface area contributed by atoms with Gasteiger partial charge in [-0.25, -0.2) is 9.78 Å². The minimum Gasteiger partial charge on any atom is -0.477 e. The zero-order valence-corrected chi connectivity index (χ0v) is 11.2. The van der Waals surface area contributed by atoms with Gasteiger partial charge in [0, 0.05) is 0 Å². The third kappa shape index (κ3) is 3.46. The van der Waals surface area contributed by atoms with Gasteiger partial charge >= 0.3 is 5.97 Å². The van der Waals surface area contributed by atoms with Crippen molar-refractivity contribution >= 4 is 11.9 Å². The number of carbonyl (C=O) groups excluding carboxylic acids is 1. The molecule has 1 amide bonds. The number of aliphatic hydroxyl groups is 1. The van der Waals surface area contributed by atoms with Crippen LogP contribution in [0.4, 0.5) is 0 Å². The molecule has 0 aliphatic heterocycles. The Morgan fingerprint density at radius 3 is 2.62 bits per heavy atom. The molecule has 0 fully saturated rings. The zero-order chi connectivity index (χ0) is 15.5. The Morgan fingerprint density at radius 1 is 1.29 bits per heavy atom. The molecule has 2 aromatic rings. The Hall–Kier alpha value is -2.67. The lowest BCUT2D eigenvalue weighted by atomic mass is 10.0. The number of amides is 1. The van der Waals surface area contributed by atoms with E-state index in [1.165, 1.54) is 31.4 Å². The molecule has 0 spiro atoms. The van der Waals surface area contributed by atoms with Crippen molar-refractivity contribution in [2.24, 2.45) is 0 Å². The van der Waals surface area contributed by atoms with Crippen LogP contribution >= 0.6 is 0 Å². The van der Waals surface area contributed by atoms with Crippen LogP contribution in [-0.4, -0.2) is 33.6 Å². The van der Waals surface area contributed by atoms with Crippen LogP contribution in [0.25, 0.3) is 0 Å². The molecule has 2 heterocycles. The molecule has 0 saturated carbocycles. The number of pyridine rings is 1. The topological polar surface area (TPSA) is 113 Å². The molecule has 0 bridgehead atoms. The number of nitrogens with one attached hydrogen (secondary N) is 1. The van der Waals surface area contributed by atoms with Crippen LogP contribution in [0.1, 0.15) is 33.7 Å². The van der Waals surface area contributed by atoms with Gasteiger partial charge in [0.1, 0.15) is 22.7 Å². The highest BCUT2D eigenvalue weighted by atomic mass is 16.4. The third-order valence-electron chi connectivity index (χ3n) is 2.85. The van der Waals surface area contributed by atoms with E-state index >= 15 is 0 Å². The summed E-state index contributed by atoms with van der Waals surface area (Å²) in [5.41, 5.74) is -1.63. The van der Waals surface area contributed by atoms with Crippen molar-refractivity contribution in [3.8, 4) is 0 Å². The molecule has 0 aliphatic rings. The first-order chi connectivity index (χ1) is 9.90. The number of aromatic nitrogens is 1. The summed E-state index contributed by atoms with van der Waals surface area (Å²) in [5, 5.41) is 21.5. The maximum absolute atomic E-state index is 11.9. The number of rotatable bonds is 5. The molecule has 0 aromatic carbocycles. The summed E-state index contributed by atoms with van der Waals surface area (Å²) in [6, 6.07) is 7.33. The maximum atomic E-state index is 11.9. The molecule has 3 N–H and O–H groups in total. The first kappa shape index (κ1) is 14.7. The molecule has 0 aliphatic carbocycles. The molecule has 21 heavy (non-hydrogen) atoms. The SMILES string of the molecule is C[C@@](O)(CNC(=O)c1cccc(C(=O)O)n1)c1ccco1. The van der Waals surface area contributed by atoms with Crippen molar-refractivity contribution < 1.29 is 24.2 Å². The summed E-state index contributed by atoms with van der Waals surface area (Å²) in [7, 11) is 0. The Kier molecular flexibility index (Phi) is 4.04. The first-order valence-electron chi connectivity index (χ1n) is 6.15. The fraction of sp³-hybridized carbons (Fsp3) is 0.214. The van der Waals surface area contributed by atoms with E-state index in [1.54, 1.807) is 12.1 Å². The number of furan rings is 1. The van der Waals surface area contributed by atoms with Crippen LogP contribution in [0, 0.1) is 0 Å². The second kappa shape index (κ2) is 5.76. The van der Waals surface area contributed by atoms with Crippen molar-refractivity contribution in [2.45, 2.75) is 12.5 Å². The molecule has 0 radical (unpaired) electrons. The van der Waals surface area contributed by atoms with Crippen LogP contribution in [0.3, 0.4) is 0 Å². The lowest BCUT2D eigenvalue weighted by Crippen LogP contribution is -2.38. The molecular weight excluding hydrogens is 276 g/mol. The second-order valence-electron chi connectivity index (χ2n) is 4.65. The van der Waals surface area contributed by atoms with Crippen molar-refractivity contribution in [1.82, 2.24) is 10.3 Å². The number of aromatic carboxylic acids is 1. The van der Waals surface area contributed by atoms with Crippen LogP contribution in [0.15, 0.2) is 41.0 Å². The number of nitrogens with zero attached hydrogens (tertiary/aromatic N) is 1. The molecule has 1 atom stereocenters. The van der Waals surface area contributed by atoms with Crippen LogP contribution in [0.5, 0.6) is 0 Å². The average Bonchev–Trinajstić information content (AvgIpc) is 3.00. The molecule has 0 unspecified atom stereocenters. The van der Waals surface area contributed by atoms with Gasteiger partial charge in [-0.05, 0) is 31.2 Å². The van der Waals surface area contributed by atoms with E-state index in [9.17, 15) is 14.7 Å². The zero-order valence-electron chi connectivity index (χ0n) is 11.2. The Bertz CT molecular complexity index is 649. The van der Waals surface area contributed by atoms with Gasteiger partial charge in [-0.3, -0.25) is 4.79 Å². The van der Waals surface area contributed by atoms with Crippen LogP contribution < -0.4 is 5.32 Å². The molecular formula is C14H14N2O5. The first-order valence-corrected chi connectivity index (χ1v) is 6.15. The molecule has 110 valence electrons. The van der Waals surface area contributed by atoms with Gasteiger partial charge in [0.2, 0.25) is 0 Å². The van der Waals surface area contributed by atoms with Gasteiger partial charge in [-0.15, -0.1) is 0 Å². The van der Waals surface area contributed by atoms with E-state index < -0.39 is 17.5 Å². The Morgan fingerprint density at radius 2 is 2.00 bits per heavy atom. The van der Waals surface area contributed by atoms with Crippen molar-refractivity contribution in [2.75, 3.05) is 6.54 Å². The Balaban J connectivity index is 2.05. The van der Waals surface area contributed by atoms with E-state index in [2.05, 4.69) is 10.3 Å². The van der Waals surface area contributed by atoms with Crippen LogP contribution in [0.2, 0.25) is 0 Å².